The van der Waals surface area contributed by atoms with Gasteiger partial charge in [0.1, 0.15) is 11.4 Å². The first-order valence-corrected chi connectivity index (χ1v) is 17.2. The Labute approximate surface area is 300 Å². The maximum absolute atomic E-state index is 14.1. The summed E-state index contributed by atoms with van der Waals surface area (Å²) < 4.78 is 49.8. The van der Waals surface area contributed by atoms with Crippen molar-refractivity contribution in [2.45, 2.75) is 79.8 Å². The number of pyridine rings is 1. The summed E-state index contributed by atoms with van der Waals surface area (Å²) in [5, 5.41) is 1.70. The molecule has 272 valence electrons. The normalized spacial score (nSPS) is 11.5. The minimum absolute atomic E-state index is 0.0717. The van der Waals surface area contributed by atoms with Crippen molar-refractivity contribution in [2.75, 3.05) is 28.4 Å². The van der Waals surface area contributed by atoms with Crippen molar-refractivity contribution in [3.05, 3.63) is 60.4 Å². The molecular weight excluding hydrogens is 650 g/mol. The number of carbonyl (C=O) groups excluding carboxylic acids is 1. The summed E-state index contributed by atoms with van der Waals surface area (Å²) in [5.74, 6) is 3.25. The van der Waals surface area contributed by atoms with Crippen molar-refractivity contribution in [1.82, 2.24) is 4.40 Å². The molecule has 5 rings (SSSR count). The van der Waals surface area contributed by atoms with Crippen LogP contribution in [-0.2, 0) is 4.74 Å². The highest BCUT2D eigenvalue weighted by Crippen LogP contribution is 2.51. The summed E-state index contributed by atoms with van der Waals surface area (Å²) in [5.41, 5.74) is 3.69. The summed E-state index contributed by atoms with van der Waals surface area (Å²) in [4.78, 5) is 14.1. The Morgan fingerprint density at radius 2 is 1.08 bits per heavy atom. The van der Waals surface area contributed by atoms with Gasteiger partial charge in [-0.3, -0.25) is 0 Å². The van der Waals surface area contributed by atoms with Crippen molar-refractivity contribution < 1.29 is 42.7 Å². The molecule has 0 spiro atoms. The standard InChI is InChI=1S/C41H49NO9/c1-22(2)48-30-14-13-27(18-32(30)44-9)37-38(29-20-34(46-11)36(51-25(7)8)21-31(29)49-23(3)4)40(41(43)47-12)42-16-15-26-17-35(50-24(5)6)33(45-10)19-28(26)39(37)42/h13-25H,1-12H3. The van der Waals surface area contributed by atoms with Crippen LogP contribution in [0.5, 0.6) is 40.2 Å². The lowest BCUT2D eigenvalue weighted by atomic mass is 9.93. The molecule has 3 aromatic carbocycles. The number of hydrogen-bond acceptors (Lipinski definition) is 9. The third-order valence-corrected chi connectivity index (χ3v) is 8.02. The molecule has 0 aliphatic rings. The van der Waals surface area contributed by atoms with E-state index < -0.39 is 5.97 Å². The zero-order chi connectivity index (χ0) is 37.1. The second-order valence-corrected chi connectivity index (χ2v) is 13.2. The number of aromatic nitrogens is 1. The predicted octanol–water partition coefficient (Wildman–Crippen LogP) is 9.39. The first kappa shape index (κ1) is 37.0. The summed E-state index contributed by atoms with van der Waals surface area (Å²) in [6.45, 7) is 15.6. The van der Waals surface area contributed by atoms with Crippen LogP contribution < -0.4 is 33.2 Å². The molecule has 0 bridgehead atoms. The summed E-state index contributed by atoms with van der Waals surface area (Å²) in [7, 11) is 6.17. The molecule has 5 aromatic rings. The third-order valence-electron chi connectivity index (χ3n) is 8.02. The number of hydrogen-bond donors (Lipinski definition) is 0. The van der Waals surface area contributed by atoms with Gasteiger partial charge in [0.15, 0.2) is 34.5 Å². The number of rotatable bonds is 14. The van der Waals surface area contributed by atoms with Crippen molar-refractivity contribution in [3.63, 3.8) is 0 Å². The average Bonchev–Trinajstić information content (AvgIpc) is 3.42. The van der Waals surface area contributed by atoms with Gasteiger partial charge in [-0.15, -0.1) is 0 Å². The molecule has 0 aliphatic carbocycles. The molecule has 2 heterocycles. The first-order valence-electron chi connectivity index (χ1n) is 17.2. The Kier molecular flexibility index (Phi) is 11.1. The third kappa shape index (κ3) is 7.45. The Morgan fingerprint density at radius 3 is 1.65 bits per heavy atom. The zero-order valence-electron chi connectivity index (χ0n) is 31.6. The van der Waals surface area contributed by atoms with Crippen molar-refractivity contribution in [1.29, 1.82) is 0 Å². The van der Waals surface area contributed by atoms with Crippen molar-refractivity contribution >= 4 is 22.3 Å². The van der Waals surface area contributed by atoms with Gasteiger partial charge in [-0.2, -0.15) is 0 Å². The van der Waals surface area contributed by atoms with E-state index >= 15 is 0 Å². The van der Waals surface area contributed by atoms with Crippen LogP contribution in [0.25, 0.3) is 38.5 Å². The topological polar surface area (TPSA) is 95.3 Å². The Bertz CT molecular complexity index is 2040. The van der Waals surface area contributed by atoms with E-state index in [0.717, 1.165) is 27.4 Å². The molecule has 0 unspecified atom stereocenters. The van der Waals surface area contributed by atoms with E-state index in [1.807, 2.05) is 115 Å². The van der Waals surface area contributed by atoms with E-state index in [4.69, 9.17) is 37.9 Å². The SMILES string of the molecule is COC(=O)c1c(-c2cc(OC)c(OC(C)C)cc2OC(C)C)c(-c2ccc(OC(C)C)c(OC)c2)c2c3cc(OC)c(OC(C)C)cc3ccn12. The van der Waals surface area contributed by atoms with E-state index in [1.165, 1.54) is 7.11 Å². The van der Waals surface area contributed by atoms with Gasteiger partial charge in [0.05, 0.1) is 58.4 Å². The number of nitrogens with zero attached hydrogens (tertiary/aromatic N) is 1. The molecule has 10 nitrogen and oxygen atoms in total. The Morgan fingerprint density at radius 1 is 0.549 bits per heavy atom. The summed E-state index contributed by atoms with van der Waals surface area (Å²) >= 11 is 0. The first-order chi connectivity index (χ1) is 24.3. The van der Waals surface area contributed by atoms with E-state index in [-0.39, 0.29) is 24.4 Å². The molecule has 0 saturated carbocycles. The van der Waals surface area contributed by atoms with Crippen LogP contribution >= 0.6 is 0 Å². The highest BCUT2D eigenvalue weighted by Gasteiger charge is 2.31. The molecule has 0 aliphatic heterocycles. The largest absolute Gasteiger partial charge is 0.493 e. The molecule has 51 heavy (non-hydrogen) atoms. The lowest BCUT2D eigenvalue weighted by Crippen LogP contribution is -2.11. The lowest BCUT2D eigenvalue weighted by Gasteiger charge is -2.21. The van der Waals surface area contributed by atoms with E-state index in [0.29, 0.717) is 57.1 Å². The van der Waals surface area contributed by atoms with E-state index in [9.17, 15) is 4.79 Å². The summed E-state index contributed by atoms with van der Waals surface area (Å²) in [6, 6.07) is 15.3. The van der Waals surface area contributed by atoms with Gasteiger partial charge < -0.3 is 42.3 Å². The summed E-state index contributed by atoms with van der Waals surface area (Å²) in [6.07, 6.45) is 1.39. The van der Waals surface area contributed by atoms with Crippen LogP contribution in [0.15, 0.2) is 54.7 Å². The number of benzene rings is 3. The number of carbonyl (C=O) groups is 1. The van der Waals surface area contributed by atoms with Crippen molar-refractivity contribution in [3.8, 4) is 62.5 Å². The smallest absolute Gasteiger partial charge is 0.355 e. The van der Waals surface area contributed by atoms with Gasteiger partial charge in [-0.1, -0.05) is 6.07 Å². The molecule has 0 N–H and O–H groups in total. The van der Waals surface area contributed by atoms with Gasteiger partial charge >= 0.3 is 5.97 Å². The van der Waals surface area contributed by atoms with Gasteiger partial charge in [0.2, 0.25) is 0 Å². The van der Waals surface area contributed by atoms with Crippen LogP contribution in [0.1, 0.15) is 65.9 Å². The molecule has 0 radical (unpaired) electrons. The number of esters is 1. The van der Waals surface area contributed by atoms with E-state index in [2.05, 4.69) is 0 Å². The minimum Gasteiger partial charge on any atom is -0.493 e. The predicted molar refractivity (Wildman–Crippen MR) is 200 cm³/mol. The second-order valence-electron chi connectivity index (χ2n) is 13.2. The highest BCUT2D eigenvalue weighted by molar-refractivity contribution is 6.15. The van der Waals surface area contributed by atoms with Crippen LogP contribution in [-0.4, -0.2) is 63.2 Å². The van der Waals surface area contributed by atoms with Gasteiger partial charge in [0, 0.05) is 34.3 Å². The fourth-order valence-electron chi connectivity index (χ4n) is 6.19. The van der Waals surface area contributed by atoms with Crippen LogP contribution in [0.2, 0.25) is 0 Å². The minimum atomic E-state index is -0.541. The van der Waals surface area contributed by atoms with Crippen LogP contribution in [0, 0.1) is 0 Å². The fourth-order valence-corrected chi connectivity index (χ4v) is 6.19. The van der Waals surface area contributed by atoms with Gasteiger partial charge in [-0.25, -0.2) is 4.79 Å². The van der Waals surface area contributed by atoms with Crippen molar-refractivity contribution in [2.24, 2.45) is 0 Å². The van der Waals surface area contributed by atoms with Crippen LogP contribution in [0.4, 0.5) is 0 Å². The van der Waals surface area contributed by atoms with Crippen LogP contribution in [0.3, 0.4) is 0 Å². The average molecular weight is 700 g/mol. The monoisotopic (exact) mass is 699 g/mol. The molecule has 0 amide bonds. The maximum atomic E-state index is 14.1. The van der Waals surface area contributed by atoms with Gasteiger partial charge in [0.25, 0.3) is 0 Å². The van der Waals surface area contributed by atoms with Gasteiger partial charge in [-0.05, 0) is 103 Å². The fraction of sp³-hybridized carbons (Fsp3) is 0.390. The Hall–Kier alpha value is -5.25. The lowest BCUT2D eigenvalue weighted by molar-refractivity contribution is 0.0594. The molecule has 0 fully saturated rings. The maximum Gasteiger partial charge on any atom is 0.355 e. The molecular formula is C41H49NO9. The quantitative estimate of drug-likeness (QED) is 0.105. The number of ether oxygens (including phenoxy) is 8. The highest BCUT2D eigenvalue weighted by atomic mass is 16.5. The molecule has 0 saturated heterocycles. The zero-order valence-corrected chi connectivity index (χ0v) is 31.6. The second kappa shape index (κ2) is 15.3. The van der Waals surface area contributed by atoms with E-state index in [1.54, 1.807) is 21.3 Å². The molecule has 0 atom stereocenters. The Balaban J connectivity index is 2.03. The number of fused-ring (bicyclic) bond motifs is 3. The number of methoxy groups -OCH3 is 4. The molecule has 10 heteroatoms. The molecule has 2 aromatic heterocycles.